The number of halogens is 2. The van der Waals surface area contributed by atoms with Crippen molar-refractivity contribution in [2.75, 3.05) is 5.75 Å². The SMILES string of the molecule is Cc1c(C)c(C)c(CSCC(=O)N/N=C/c2cc(Cl)cc(Cl)c2O)c(C)c1C. The fourth-order valence-corrected chi connectivity index (χ4v) is 4.43. The van der Waals surface area contributed by atoms with Gasteiger partial charge in [-0.2, -0.15) is 5.10 Å². The van der Waals surface area contributed by atoms with Crippen LogP contribution < -0.4 is 5.43 Å². The summed E-state index contributed by atoms with van der Waals surface area (Å²) in [6.45, 7) is 10.7. The summed E-state index contributed by atoms with van der Waals surface area (Å²) in [5, 5.41) is 14.2. The molecule has 7 heteroatoms. The molecule has 0 saturated carbocycles. The molecule has 0 aromatic heterocycles. The minimum Gasteiger partial charge on any atom is -0.506 e. The van der Waals surface area contributed by atoms with Gasteiger partial charge in [-0.25, -0.2) is 5.43 Å². The van der Waals surface area contributed by atoms with E-state index < -0.39 is 0 Å². The zero-order valence-corrected chi connectivity index (χ0v) is 18.9. The lowest BCUT2D eigenvalue weighted by Gasteiger charge is -2.18. The maximum absolute atomic E-state index is 12.0. The average molecular weight is 439 g/mol. The van der Waals surface area contributed by atoms with Crippen molar-refractivity contribution in [3.8, 4) is 5.75 Å². The van der Waals surface area contributed by atoms with Gasteiger partial charge in [0.1, 0.15) is 5.75 Å². The van der Waals surface area contributed by atoms with Gasteiger partial charge in [0.15, 0.2) is 0 Å². The van der Waals surface area contributed by atoms with Crippen molar-refractivity contribution in [1.82, 2.24) is 5.43 Å². The summed E-state index contributed by atoms with van der Waals surface area (Å²) in [6.07, 6.45) is 1.32. The highest BCUT2D eigenvalue weighted by molar-refractivity contribution is 7.99. The number of thioether (sulfide) groups is 1. The van der Waals surface area contributed by atoms with E-state index in [-0.39, 0.29) is 22.4 Å². The van der Waals surface area contributed by atoms with Crippen LogP contribution in [0.5, 0.6) is 5.75 Å². The number of hydrogen-bond acceptors (Lipinski definition) is 4. The summed E-state index contributed by atoms with van der Waals surface area (Å²) >= 11 is 13.3. The first-order chi connectivity index (χ1) is 13.1. The Kier molecular flexibility index (Phi) is 7.81. The molecule has 28 heavy (non-hydrogen) atoms. The fraction of sp³-hybridized carbons (Fsp3) is 0.333. The molecule has 2 aromatic rings. The van der Waals surface area contributed by atoms with Crippen LogP contribution in [0.25, 0.3) is 0 Å². The van der Waals surface area contributed by atoms with E-state index in [0.717, 1.165) is 5.75 Å². The van der Waals surface area contributed by atoms with Gasteiger partial charge in [0.2, 0.25) is 5.91 Å². The van der Waals surface area contributed by atoms with Gasteiger partial charge in [0.25, 0.3) is 0 Å². The van der Waals surface area contributed by atoms with E-state index in [0.29, 0.717) is 10.6 Å². The summed E-state index contributed by atoms with van der Waals surface area (Å²) in [6, 6.07) is 2.95. The van der Waals surface area contributed by atoms with Crippen LogP contribution in [-0.4, -0.2) is 23.0 Å². The lowest BCUT2D eigenvalue weighted by atomic mass is 9.90. The second-order valence-corrected chi connectivity index (χ2v) is 8.54. The van der Waals surface area contributed by atoms with E-state index in [1.165, 1.54) is 51.7 Å². The van der Waals surface area contributed by atoms with Gasteiger partial charge in [-0.15, -0.1) is 11.8 Å². The molecule has 4 nitrogen and oxygen atoms in total. The van der Waals surface area contributed by atoms with E-state index in [2.05, 4.69) is 45.1 Å². The molecule has 2 N–H and O–H groups in total. The Morgan fingerprint density at radius 2 is 1.64 bits per heavy atom. The smallest absolute Gasteiger partial charge is 0.250 e. The number of phenols is 1. The summed E-state index contributed by atoms with van der Waals surface area (Å²) in [5.41, 5.74) is 10.6. The molecule has 0 spiro atoms. The quantitative estimate of drug-likeness (QED) is 0.453. The largest absolute Gasteiger partial charge is 0.506 e. The zero-order chi connectivity index (χ0) is 21.0. The van der Waals surface area contributed by atoms with Crippen molar-refractivity contribution in [1.29, 1.82) is 0 Å². The van der Waals surface area contributed by atoms with E-state index in [4.69, 9.17) is 23.2 Å². The monoisotopic (exact) mass is 438 g/mol. The van der Waals surface area contributed by atoms with E-state index in [9.17, 15) is 9.90 Å². The van der Waals surface area contributed by atoms with E-state index in [1.807, 2.05) is 0 Å². The Labute approximate surface area is 180 Å². The number of benzene rings is 2. The molecular formula is C21H24Cl2N2O2S. The predicted octanol–water partition coefficient (Wildman–Crippen LogP) is 5.62. The molecule has 0 aliphatic rings. The molecule has 0 atom stereocenters. The number of nitrogens with one attached hydrogen (secondary N) is 1. The highest BCUT2D eigenvalue weighted by atomic mass is 35.5. The third kappa shape index (κ3) is 5.22. The molecule has 0 radical (unpaired) electrons. The molecule has 0 aliphatic heterocycles. The van der Waals surface area contributed by atoms with Crippen LogP contribution in [0.15, 0.2) is 17.2 Å². The van der Waals surface area contributed by atoms with Crippen molar-refractivity contribution in [2.24, 2.45) is 5.10 Å². The Hall–Kier alpha value is -1.69. The highest BCUT2D eigenvalue weighted by Gasteiger charge is 2.13. The Morgan fingerprint density at radius 3 is 2.25 bits per heavy atom. The molecule has 0 heterocycles. The Balaban J connectivity index is 1.94. The molecule has 150 valence electrons. The molecule has 1 amide bonds. The molecule has 2 rings (SSSR count). The number of rotatable bonds is 6. The van der Waals surface area contributed by atoms with Gasteiger partial charge in [0, 0.05) is 16.3 Å². The average Bonchev–Trinajstić information content (AvgIpc) is 2.65. The third-order valence-electron chi connectivity index (χ3n) is 5.09. The number of phenolic OH excluding ortho intramolecular Hbond substituents is 1. The number of carbonyl (C=O) groups excluding carboxylic acids is 1. The van der Waals surface area contributed by atoms with Crippen LogP contribution in [-0.2, 0) is 10.5 Å². The highest BCUT2D eigenvalue weighted by Crippen LogP contribution is 2.30. The fourth-order valence-electron chi connectivity index (χ4n) is 2.93. The summed E-state index contributed by atoms with van der Waals surface area (Å²) in [4.78, 5) is 12.0. The number of carbonyl (C=O) groups is 1. The minimum atomic E-state index is -0.218. The Morgan fingerprint density at radius 1 is 1.07 bits per heavy atom. The first kappa shape index (κ1) is 22.6. The number of aromatic hydroxyl groups is 1. The molecule has 0 saturated heterocycles. The van der Waals surface area contributed by atoms with Crippen LogP contribution in [0.2, 0.25) is 10.0 Å². The van der Waals surface area contributed by atoms with Gasteiger partial charge in [-0.1, -0.05) is 23.2 Å². The van der Waals surface area contributed by atoms with Crippen molar-refractivity contribution in [3.63, 3.8) is 0 Å². The molecule has 0 bridgehead atoms. The van der Waals surface area contributed by atoms with Crippen LogP contribution in [0.4, 0.5) is 0 Å². The summed E-state index contributed by atoms with van der Waals surface area (Å²) in [7, 11) is 0. The van der Waals surface area contributed by atoms with Gasteiger partial charge in [-0.3, -0.25) is 4.79 Å². The van der Waals surface area contributed by atoms with E-state index in [1.54, 1.807) is 11.8 Å². The molecule has 0 aliphatic carbocycles. The number of amides is 1. The third-order valence-corrected chi connectivity index (χ3v) is 6.55. The Bertz CT molecular complexity index is 914. The van der Waals surface area contributed by atoms with Crippen LogP contribution in [0, 0.1) is 34.6 Å². The lowest BCUT2D eigenvalue weighted by Crippen LogP contribution is -2.19. The lowest BCUT2D eigenvalue weighted by molar-refractivity contribution is -0.118. The number of nitrogens with zero attached hydrogens (tertiary/aromatic N) is 1. The molecule has 0 fully saturated rings. The minimum absolute atomic E-state index is 0.130. The van der Waals surface area contributed by atoms with Gasteiger partial charge < -0.3 is 5.11 Å². The molecule has 2 aromatic carbocycles. The zero-order valence-electron chi connectivity index (χ0n) is 16.6. The maximum atomic E-state index is 12.0. The van der Waals surface area contributed by atoms with Crippen LogP contribution >= 0.6 is 35.0 Å². The topological polar surface area (TPSA) is 61.7 Å². The first-order valence-corrected chi connectivity index (χ1v) is 10.7. The number of hydrazone groups is 1. The molecule has 0 unspecified atom stereocenters. The first-order valence-electron chi connectivity index (χ1n) is 8.77. The van der Waals surface area contributed by atoms with Crippen LogP contribution in [0.3, 0.4) is 0 Å². The van der Waals surface area contributed by atoms with E-state index >= 15 is 0 Å². The second kappa shape index (κ2) is 9.68. The number of hydrogen-bond donors (Lipinski definition) is 2. The van der Waals surface area contributed by atoms with Crippen molar-refractivity contribution in [2.45, 2.75) is 40.4 Å². The normalized spacial score (nSPS) is 11.2. The molecular weight excluding hydrogens is 415 g/mol. The van der Waals surface area contributed by atoms with Gasteiger partial charge >= 0.3 is 0 Å². The summed E-state index contributed by atoms with van der Waals surface area (Å²) in [5.74, 6) is 0.700. The van der Waals surface area contributed by atoms with Crippen molar-refractivity contribution >= 4 is 47.1 Å². The van der Waals surface area contributed by atoms with Crippen LogP contribution in [0.1, 0.15) is 38.9 Å². The second-order valence-electron chi connectivity index (χ2n) is 6.71. The standard InChI is InChI=1S/C21H24Cl2N2O2S/c1-11-12(2)14(4)18(15(5)13(11)3)9-28-10-20(26)25-24-8-16-6-17(22)7-19(23)21(16)27/h6-8,27H,9-10H2,1-5H3,(H,25,26)/b24-8+. The van der Waals surface area contributed by atoms with Crippen molar-refractivity contribution in [3.05, 3.63) is 61.1 Å². The van der Waals surface area contributed by atoms with Gasteiger partial charge in [0.05, 0.1) is 17.0 Å². The summed E-state index contributed by atoms with van der Waals surface area (Å²) < 4.78 is 0. The predicted molar refractivity (Wildman–Crippen MR) is 120 cm³/mol. The van der Waals surface area contributed by atoms with Crippen molar-refractivity contribution < 1.29 is 9.90 Å². The maximum Gasteiger partial charge on any atom is 0.250 e. The van der Waals surface area contributed by atoms with Gasteiger partial charge in [-0.05, 0) is 80.1 Å².